The third kappa shape index (κ3) is 2.38. The Bertz CT molecular complexity index is 1010. The predicted molar refractivity (Wildman–Crippen MR) is 93.3 cm³/mol. The number of carbonyl (C=O) groups is 1. The molecule has 5 heteroatoms. The van der Waals surface area contributed by atoms with E-state index in [0.717, 1.165) is 17.5 Å². The molecule has 120 valence electrons. The Kier molecular flexibility index (Phi) is 3.41. The standard InChI is InChI=1S/C19H17N3O2/c1-12-6-7-17-13(10-12)8-9-22(17)18(23)11-16-14-4-2-3-5-15(14)19(24)21-20-16/h2-7,10H,8-9,11H2,1H3,(H,21,24). The molecule has 1 amide bonds. The van der Waals surface area contributed by atoms with Crippen molar-refractivity contribution < 1.29 is 4.79 Å². The van der Waals surface area contributed by atoms with Crippen molar-refractivity contribution in [3.63, 3.8) is 0 Å². The summed E-state index contributed by atoms with van der Waals surface area (Å²) in [6.07, 6.45) is 1.05. The number of hydrogen-bond acceptors (Lipinski definition) is 3. The van der Waals surface area contributed by atoms with E-state index in [1.54, 1.807) is 6.07 Å². The van der Waals surface area contributed by atoms with Crippen LogP contribution in [0.2, 0.25) is 0 Å². The van der Waals surface area contributed by atoms with Gasteiger partial charge in [-0.3, -0.25) is 9.59 Å². The molecule has 24 heavy (non-hydrogen) atoms. The predicted octanol–water partition coefficient (Wildman–Crippen LogP) is 2.36. The first-order valence-corrected chi connectivity index (χ1v) is 7.99. The normalized spacial score (nSPS) is 13.3. The molecule has 0 unspecified atom stereocenters. The van der Waals surface area contributed by atoms with Crippen molar-refractivity contribution >= 4 is 22.4 Å². The molecule has 4 rings (SSSR count). The molecule has 1 N–H and O–H groups in total. The van der Waals surface area contributed by atoms with Crippen molar-refractivity contribution in [3.8, 4) is 0 Å². The average Bonchev–Trinajstić information content (AvgIpc) is 3.00. The van der Waals surface area contributed by atoms with Gasteiger partial charge >= 0.3 is 0 Å². The zero-order valence-corrected chi connectivity index (χ0v) is 13.4. The van der Waals surface area contributed by atoms with Gasteiger partial charge in [-0.1, -0.05) is 35.9 Å². The Balaban J connectivity index is 1.67. The highest BCUT2D eigenvalue weighted by Gasteiger charge is 2.25. The fourth-order valence-electron chi connectivity index (χ4n) is 3.33. The lowest BCUT2D eigenvalue weighted by Gasteiger charge is -2.17. The number of hydrogen-bond donors (Lipinski definition) is 1. The van der Waals surface area contributed by atoms with E-state index >= 15 is 0 Å². The van der Waals surface area contributed by atoms with Crippen molar-refractivity contribution in [1.29, 1.82) is 0 Å². The van der Waals surface area contributed by atoms with E-state index in [2.05, 4.69) is 23.2 Å². The number of nitrogens with zero attached hydrogens (tertiary/aromatic N) is 2. The Hall–Kier alpha value is -2.95. The van der Waals surface area contributed by atoms with Crippen LogP contribution in [-0.2, 0) is 17.6 Å². The molecule has 1 aliphatic rings. The molecule has 2 heterocycles. The smallest absolute Gasteiger partial charge is 0.272 e. The van der Waals surface area contributed by atoms with Gasteiger partial charge in [0.05, 0.1) is 17.5 Å². The number of anilines is 1. The molecule has 1 aromatic heterocycles. The van der Waals surface area contributed by atoms with E-state index < -0.39 is 0 Å². The molecule has 1 aliphatic heterocycles. The van der Waals surface area contributed by atoms with Gasteiger partial charge in [-0.2, -0.15) is 5.10 Å². The molecule has 0 fully saturated rings. The van der Waals surface area contributed by atoms with Gasteiger partial charge in [0, 0.05) is 17.6 Å². The summed E-state index contributed by atoms with van der Waals surface area (Å²) in [4.78, 5) is 26.5. The van der Waals surface area contributed by atoms with Crippen LogP contribution < -0.4 is 10.5 Å². The first-order chi connectivity index (χ1) is 11.6. The number of rotatable bonds is 2. The van der Waals surface area contributed by atoms with Crippen LogP contribution in [0.4, 0.5) is 5.69 Å². The Morgan fingerprint density at radius 3 is 2.83 bits per heavy atom. The first-order valence-electron chi connectivity index (χ1n) is 7.99. The van der Waals surface area contributed by atoms with Crippen LogP contribution >= 0.6 is 0 Å². The van der Waals surface area contributed by atoms with E-state index in [1.165, 1.54) is 11.1 Å². The lowest BCUT2D eigenvalue weighted by atomic mass is 10.1. The minimum atomic E-state index is -0.233. The fraction of sp³-hybridized carbons (Fsp3) is 0.211. The lowest BCUT2D eigenvalue weighted by molar-refractivity contribution is -0.117. The number of fused-ring (bicyclic) bond motifs is 2. The summed E-state index contributed by atoms with van der Waals surface area (Å²) in [5.74, 6) is 0.00213. The van der Waals surface area contributed by atoms with E-state index in [1.807, 2.05) is 35.2 Å². The zero-order valence-electron chi connectivity index (χ0n) is 13.4. The maximum absolute atomic E-state index is 12.8. The number of amides is 1. The second-order valence-corrected chi connectivity index (χ2v) is 6.15. The molecule has 0 aliphatic carbocycles. The van der Waals surface area contributed by atoms with Gasteiger partial charge in [-0.25, -0.2) is 5.10 Å². The van der Waals surface area contributed by atoms with Crippen LogP contribution in [0.25, 0.3) is 10.8 Å². The molecule has 0 radical (unpaired) electrons. The third-order valence-electron chi connectivity index (χ3n) is 4.53. The van der Waals surface area contributed by atoms with Gasteiger partial charge < -0.3 is 4.90 Å². The zero-order chi connectivity index (χ0) is 16.7. The van der Waals surface area contributed by atoms with Crippen molar-refractivity contribution in [3.05, 3.63) is 69.6 Å². The maximum Gasteiger partial charge on any atom is 0.272 e. The molecule has 0 spiro atoms. The van der Waals surface area contributed by atoms with E-state index in [9.17, 15) is 9.59 Å². The Morgan fingerprint density at radius 2 is 2.00 bits per heavy atom. The number of benzene rings is 2. The Morgan fingerprint density at radius 1 is 1.21 bits per heavy atom. The van der Waals surface area contributed by atoms with E-state index in [4.69, 9.17) is 0 Å². The SMILES string of the molecule is Cc1ccc2c(c1)CCN2C(=O)Cc1n[nH]c(=O)c2ccccc12. The molecule has 0 saturated heterocycles. The van der Waals surface area contributed by atoms with Crippen LogP contribution in [-0.4, -0.2) is 22.6 Å². The summed E-state index contributed by atoms with van der Waals surface area (Å²) >= 11 is 0. The van der Waals surface area contributed by atoms with Crippen molar-refractivity contribution in [2.75, 3.05) is 11.4 Å². The molecule has 0 atom stereocenters. The molecule has 0 saturated carbocycles. The third-order valence-corrected chi connectivity index (χ3v) is 4.53. The number of aromatic amines is 1. The lowest BCUT2D eigenvalue weighted by Crippen LogP contribution is -2.31. The summed E-state index contributed by atoms with van der Waals surface area (Å²) < 4.78 is 0. The van der Waals surface area contributed by atoms with Gasteiger partial charge in [0.2, 0.25) is 5.91 Å². The maximum atomic E-state index is 12.8. The molecule has 3 aromatic rings. The summed E-state index contributed by atoms with van der Waals surface area (Å²) in [5, 5.41) is 7.89. The topological polar surface area (TPSA) is 66.1 Å². The number of aryl methyl sites for hydroxylation is 1. The van der Waals surface area contributed by atoms with Gasteiger partial charge in [0.15, 0.2) is 0 Å². The fourth-order valence-corrected chi connectivity index (χ4v) is 3.33. The van der Waals surface area contributed by atoms with Crippen molar-refractivity contribution in [1.82, 2.24) is 10.2 Å². The second-order valence-electron chi connectivity index (χ2n) is 6.15. The minimum absolute atomic E-state index is 0.00213. The highest BCUT2D eigenvalue weighted by atomic mass is 16.2. The molecule has 5 nitrogen and oxygen atoms in total. The second kappa shape index (κ2) is 5.60. The molecule has 0 bridgehead atoms. The number of carbonyl (C=O) groups excluding carboxylic acids is 1. The van der Waals surface area contributed by atoms with Gasteiger partial charge in [0.1, 0.15) is 0 Å². The molecular formula is C19H17N3O2. The number of nitrogens with one attached hydrogen (secondary N) is 1. The summed E-state index contributed by atoms with van der Waals surface area (Å²) in [6.45, 7) is 2.75. The van der Waals surface area contributed by atoms with Crippen LogP contribution in [0.1, 0.15) is 16.8 Å². The number of H-pyrrole nitrogens is 1. The van der Waals surface area contributed by atoms with Crippen molar-refractivity contribution in [2.24, 2.45) is 0 Å². The largest absolute Gasteiger partial charge is 0.311 e. The van der Waals surface area contributed by atoms with Crippen LogP contribution in [0.3, 0.4) is 0 Å². The van der Waals surface area contributed by atoms with Gasteiger partial charge in [-0.15, -0.1) is 0 Å². The summed E-state index contributed by atoms with van der Waals surface area (Å²) in [6, 6.07) is 13.4. The van der Waals surface area contributed by atoms with Gasteiger partial charge in [-0.05, 0) is 31.0 Å². The number of aromatic nitrogens is 2. The molecule has 2 aromatic carbocycles. The Labute approximate surface area is 138 Å². The van der Waals surface area contributed by atoms with E-state index in [-0.39, 0.29) is 17.9 Å². The first kappa shape index (κ1) is 14.6. The van der Waals surface area contributed by atoms with Crippen LogP contribution in [0, 0.1) is 6.92 Å². The average molecular weight is 319 g/mol. The highest BCUT2D eigenvalue weighted by molar-refractivity contribution is 5.98. The summed E-state index contributed by atoms with van der Waals surface area (Å²) in [5.41, 5.74) is 3.78. The van der Waals surface area contributed by atoms with E-state index in [0.29, 0.717) is 17.6 Å². The van der Waals surface area contributed by atoms with Gasteiger partial charge in [0.25, 0.3) is 5.56 Å². The molecular weight excluding hydrogens is 302 g/mol. The quantitative estimate of drug-likeness (QED) is 0.788. The van der Waals surface area contributed by atoms with Crippen LogP contribution in [0.15, 0.2) is 47.3 Å². The highest BCUT2D eigenvalue weighted by Crippen LogP contribution is 2.29. The monoisotopic (exact) mass is 319 g/mol. The van der Waals surface area contributed by atoms with Crippen LogP contribution in [0.5, 0.6) is 0 Å². The summed E-state index contributed by atoms with van der Waals surface area (Å²) in [7, 11) is 0. The van der Waals surface area contributed by atoms with Crippen molar-refractivity contribution in [2.45, 2.75) is 19.8 Å². The minimum Gasteiger partial charge on any atom is -0.311 e.